The molecule has 16 heavy (non-hydrogen) atoms. The molecule has 0 fully saturated rings. The monoisotopic (exact) mass is 238 g/mol. The van der Waals surface area contributed by atoms with Crippen molar-refractivity contribution < 1.29 is 0 Å². The van der Waals surface area contributed by atoms with E-state index in [1.807, 2.05) is 0 Å². The van der Waals surface area contributed by atoms with Gasteiger partial charge in [-0.05, 0) is 48.3 Å². The predicted octanol–water partition coefficient (Wildman–Crippen LogP) is 5.12. The molecule has 0 bridgehead atoms. The quantitative estimate of drug-likeness (QED) is 0.683. The Kier molecular flexibility index (Phi) is 4.86. The van der Waals surface area contributed by atoms with Gasteiger partial charge in [-0.1, -0.05) is 51.4 Å². The van der Waals surface area contributed by atoms with Crippen molar-refractivity contribution in [3.63, 3.8) is 0 Å². The summed E-state index contributed by atoms with van der Waals surface area (Å²) in [6.45, 7) is 11.3. The second kappa shape index (κ2) is 5.72. The van der Waals surface area contributed by atoms with Crippen molar-refractivity contribution in [2.75, 3.05) is 0 Å². The Morgan fingerprint density at radius 3 is 2.06 bits per heavy atom. The third-order valence-corrected chi connectivity index (χ3v) is 3.73. The zero-order valence-electron chi connectivity index (χ0n) is 11.0. The van der Waals surface area contributed by atoms with Gasteiger partial charge in [0.15, 0.2) is 0 Å². The van der Waals surface area contributed by atoms with E-state index in [0.717, 1.165) is 11.4 Å². The first-order valence-corrected chi connectivity index (χ1v) is 6.54. The van der Waals surface area contributed by atoms with Crippen LogP contribution in [0.5, 0.6) is 0 Å². The molecule has 1 rings (SSSR count). The van der Waals surface area contributed by atoms with Gasteiger partial charge in [0.25, 0.3) is 0 Å². The summed E-state index contributed by atoms with van der Waals surface area (Å²) in [7, 11) is 0. The summed E-state index contributed by atoms with van der Waals surface area (Å²) in [5.41, 5.74) is 2.53. The largest absolute Gasteiger partial charge is 0.0840 e. The van der Waals surface area contributed by atoms with Crippen LogP contribution in [0, 0.1) is 24.7 Å². The van der Waals surface area contributed by atoms with E-state index in [-0.39, 0.29) is 0 Å². The Bertz CT molecular complexity index is 331. The van der Waals surface area contributed by atoms with Crippen molar-refractivity contribution >= 4 is 11.6 Å². The van der Waals surface area contributed by atoms with Crippen LogP contribution >= 0.6 is 11.6 Å². The maximum atomic E-state index is 6.28. The molecule has 0 radical (unpaired) electrons. The normalized spacial score (nSPS) is 11.8. The van der Waals surface area contributed by atoms with E-state index >= 15 is 0 Å². The lowest BCUT2D eigenvalue weighted by molar-refractivity contribution is 0.286. The average molecular weight is 239 g/mol. The summed E-state index contributed by atoms with van der Waals surface area (Å²) >= 11 is 6.28. The minimum Gasteiger partial charge on any atom is -0.0840 e. The van der Waals surface area contributed by atoms with Crippen LogP contribution in [0.2, 0.25) is 5.02 Å². The van der Waals surface area contributed by atoms with Gasteiger partial charge < -0.3 is 0 Å². The van der Waals surface area contributed by atoms with Crippen molar-refractivity contribution in [2.24, 2.45) is 17.8 Å². The average Bonchev–Trinajstić information content (AvgIpc) is 2.15. The molecule has 0 saturated carbocycles. The van der Waals surface area contributed by atoms with Crippen LogP contribution in [-0.2, 0) is 6.42 Å². The molecule has 0 aliphatic rings. The first-order valence-electron chi connectivity index (χ1n) is 6.16. The van der Waals surface area contributed by atoms with Gasteiger partial charge in [0.2, 0.25) is 0 Å². The standard InChI is InChI=1S/C15H23Cl/c1-10(2)14(11(3)4)9-13-7-6-12(5)8-15(13)16/h6-8,10-11,14H,9H2,1-5H3. The molecule has 0 amide bonds. The van der Waals surface area contributed by atoms with Crippen molar-refractivity contribution in [2.45, 2.75) is 41.0 Å². The summed E-state index contributed by atoms with van der Waals surface area (Å²) < 4.78 is 0. The Morgan fingerprint density at radius 2 is 1.62 bits per heavy atom. The maximum Gasteiger partial charge on any atom is 0.0440 e. The van der Waals surface area contributed by atoms with Gasteiger partial charge in [-0.2, -0.15) is 0 Å². The van der Waals surface area contributed by atoms with Crippen LogP contribution in [0.3, 0.4) is 0 Å². The molecular formula is C15H23Cl. The van der Waals surface area contributed by atoms with Gasteiger partial charge in [0.05, 0.1) is 0 Å². The SMILES string of the molecule is Cc1ccc(CC(C(C)C)C(C)C)c(Cl)c1. The number of rotatable bonds is 4. The van der Waals surface area contributed by atoms with Crippen molar-refractivity contribution in [1.29, 1.82) is 0 Å². The minimum absolute atomic E-state index is 0.706. The third kappa shape index (κ3) is 3.52. The topological polar surface area (TPSA) is 0 Å². The lowest BCUT2D eigenvalue weighted by Crippen LogP contribution is -2.18. The Hall–Kier alpha value is -0.490. The third-order valence-electron chi connectivity index (χ3n) is 3.38. The molecule has 0 spiro atoms. The molecule has 0 heterocycles. The molecule has 1 aromatic rings. The van der Waals surface area contributed by atoms with Gasteiger partial charge >= 0.3 is 0 Å². The van der Waals surface area contributed by atoms with Crippen LogP contribution in [0.25, 0.3) is 0 Å². The molecule has 0 nitrogen and oxygen atoms in total. The van der Waals surface area contributed by atoms with Gasteiger partial charge in [0.1, 0.15) is 0 Å². The predicted molar refractivity (Wildman–Crippen MR) is 73.1 cm³/mol. The lowest BCUT2D eigenvalue weighted by Gasteiger charge is -2.25. The Labute approximate surface area is 105 Å². The van der Waals surface area contributed by atoms with Gasteiger partial charge in [-0.15, -0.1) is 0 Å². The molecule has 0 N–H and O–H groups in total. The van der Waals surface area contributed by atoms with Crippen LogP contribution < -0.4 is 0 Å². The van der Waals surface area contributed by atoms with E-state index in [4.69, 9.17) is 11.6 Å². The molecule has 0 saturated heterocycles. The number of hydrogen-bond acceptors (Lipinski definition) is 0. The molecule has 0 aliphatic heterocycles. The van der Waals surface area contributed by atoms with E-state index in [1.165, 1.54) is 11.1 Å². The second-order valence-electron chi connectivity index (χ2n) is 5.45. The molecule has 1 heteroatoms. The molecule has 0 atom stereocenters. The van der Waals surface area contributed by atoms with Gasteiger partial charge in [0, 0.05) is 5.02 Å². The fraction of sp³-hybridized carbons (Fsp3) is 0.600. The van der Waals surface area contributed by atoms with Crippen molar-refractivity contribution in [1.82, 2.24) is 0 Å². The van der Waals surface area contributed by atoms with Crippen LogP contribution in [0.15, 0.2) is 18.2 Å². The van der Waals surface area contributed by atoms with E-state index in [2.05, 4.69) is 52.8 Å². The highest BCUT2D eigenvalue weighted by molar-refractivity contribution is 6.31. The summed E-state index contributed by atoms with van der Waals surface area (Å²) in [5.74, 6) is 2.12. The van der Waals surface area contributed by atoms with E-state index in [1.54, 1.807) is 0 Å². The fourth-order valence-corrected chi connectivity index (χ4v) is 2.63. The first kappa shape index (κ1) is 13.6. The van der Waals surface area contributed by atoms with Crippen LogP contribution in [-0.4, -0.2) is 0 Å². The lowest BCUT2D eigenvalue weighted by atomic mass is 9.81. The van der Waals surface area contributed by atoms with E-state index in [0.29, 0.717) is 17.8 Å². The summed E-state index contributed by atoms with van der Waals surface area (Å²) in [6.07, 6.45) is 1.09. The number of halogens is 1. The van der Waals surface area contributed by atoms with E-state index in [9.17, 15) is 0 Å². The van der Waals surface area contributed by atoms with Gasteiger partial charge in [-0.3, -0.25) is 0 Å². The number of hydrogen-bond donors (Lipinski definition) is 0. The van der Waals surface area contributed by atoms with E-state index < -0.39 is 0 Å². The molecule has 0 unspecified atom stereocenters. The maximum absolute atomic E-state index is 6.28. The zero-order chi connectivity index (χ0) is 12.3. The summed E-state index contributed by atoms with van der Waals surface area (Å²) in [4.78, 5) is 0. The molecule has 1 aromatic carbocycles. The summed E-state index contributed by atoms with van der Waals surface area (Å²) in [5, 5.41) is 0.923. The summed E-state index contributed by atoms with van der Waals surface area (Å²) in [6, 6.07) is 6.39. The second-order valence-corrected chi connectivity index (χ2v) is 5.86. The van der Waals surface area contributed by atoms with Gasteiger partial charge in [-0.25, -0.2) is 0 Å². The van der Waals surface area contributed by atoms with Crippen LogP contribution in [0.4, 0.5) is 0 Å². The molecule has 90 valence electrons. The first-order chi connectivity index (χ1) is 7.41. The highest BCUT2D eigenvalue weighted by Gasteiger charge is 2.18. The Balaban J connectivity index is 2.85. The number of aryl methyl sites for hydroxylation is 1. The highest BCUT2D eigenvalue weighted by Crippen LogP contribution is 2.28. The minimum atomic E-state index is 0.706. The number of benzene rings is 1. The highest BCUT2D eigenvalue weighted by atomic mass is 35.5. The zero-order valence-corrected chi connectivity index (χ0v) is 11.8. The smallest absolute Gasteiger partial charge is 0.0440 e. The van der Waals surface area contributed by atoms with Crippen molar-refractivity contribution in [3.05, 3.63) is 34.3 Å². The Morgan fingerprint density at radius 1 is 1.06 bits per heavy atom. The molecular weight excluding hydrogens is 216 g/mol. The fourth-order valence-electron chi connectivity index (χ4n) is 2.31. The van der Waals surface area contributed by atoms with Crippen LogP contribution in [0.1, 0.15) is 38.8 Å². The molecule has 0 aliphatic carbocycles. The van der Waals surface area contributed by atoms with Crippen molar-refractivity contribution in [3.8, 4) is 0 Å². The molecule has 0 aromatic heterocycles.